The molecule has 3 aromatic rings. The van der Waals surface area contributed by atoms with E-state index in [0.717, 1.165) is 33.8 Å². The van der Waals surface area contributed by atoms with Gasteiger partial charge < -0.3 is 4.90 Å². The minimum absolute atomic E-state index is 0.00713. The Bertz CT molecular complexity index is 1350. The Morgan fingerprint density at radius 1 is 1.00 bits per heavy atom. The molecule has 0 saturated carbocycles. The van der Waals surface area contributed by atoms with Gasteiger partial charge in [-0.05, 0) is 84.5 Å². The van der Waals surface area contributed by atoms with Crippen LogP contribution in [0, 0.1) is 12.8 Å². The van der Waals surface area contributed by atoms with Crippen LogP contribution in [0.3, 0.4) is 0 Å². The summed E-state index contributed by atoms with van der Waals surface area (Å²) in [6, 6.07) is 22.0. The van der Waals surface area contributed by atoms with E-state index in [0.29, 0.717) is 5.02 Å². The molecule has 0 bridgehead atoms. The van der Waals surface area contributed by atoms with Gasteiger partial charge in [0, 0.05) is 27.7 Å². The van der Waals surface area contributed by atoms with Crippen LogP contribution in [0.5, 0.6) is 0 Å². The fourth-order valence-corrected chi connectivity index (χ4v) is 5.52. The molecule has 0 spiro atoms. The lowest BCUT2D eigenvalue weighted by atomic mass is 9.81. The van der Waals surface area contributed by atoms with E-state index in [1.807, 2.05) is 66.4 Å². The van der Waals surface area contributed by atoms with Gasteiger partial charge >= 0.3 is 0 Å². The van der Waals surface area contributed by atoms with Crippen molar-refractivity contribution in [3.8, 4) is 0 Å². The van der Waals surface area contributed by atoms with Gasteiger partial charge in [0.1, 0.15) is 0 Å². The highest BCUT2D eigenvalue weighted by molar-refractivity contribution is 6.31. The molecule has 170 valence electrons. The van der Waals surface area contributed by atoms with E-state index < -0.39 is 0 Å². The first-order chi connectivity index (χ1) is 16.3. The van der Waals surface area contributed by atoms with Crippen LogP contribution in [-0.4, -0.2) is 11.9 Å². The first-order valence-electron chi connectivity index (χ1n) is 11.3. The van der Waals surface area contributed by atoms with Crippen LogP contribution in [0.15, 0.2) is 96.6 Å². The summed E-state index contributed by atoms with van der Waals surface area (Å²) in [7, 11) is 0. The maximum Gasteiger partial charge on any atom is 0.251 e. The lowest BCUT2D eigenvalue weighted by molar-refractivity contribution is -0.114. The third-order valence-corrected chi connectivity index (χ3v) is 7.19. The van der Waals surface area contributed by atoms with E-state index >= 15 is 0 Å². The van der Waals surface area contributed by atoms with Crippen LogP contribution in [0.1, 0.15) is 29.2 Å². The minimum atomic E-state index is -0.158. The first-order valence-corrected chi connectivity index (χ1v) is 12.1. The first kappa shape index (κ1) is 22.7. The Hall–Kier alpha value is -3.07. The molecule has 0 aromatic heterocycles. The number of fused-ring (bicyclic) bond motifs is 1. The number of carbonyl (C=O) groups excluding carboxylic acids is 1. The molecule has 3 aromatic carbocycles. The number of amides is 1. The highest BCUT2D eigenvalue weighted by Crippen LogP contribution is 2.46. The molecule has 1 unspecified atom stereocenters. The highest BCUT2D eigenvalue weighted by atomic mass is 35.5. The third-order valence-electron chi connectivity index (χ3n) is 6.70. The standard InChI is InChI=1S/C30H25Cl2NO/c1-18(2)29(27-14-15-28(34)33(27)24-11-4-19(3)5-12-24)26-17-21-16-23(32)10-13-25(21)30(26)20-6-8-22(31)9-7-20/h4-16,27,29H,1,17H2,2-3H3/t27-,29?/m1/s1. The Morgan fingerprint density at radius 2 is 1.68 bits per heavy atom. The van der Waals surface area contributed by atoms with Gasteiger partial charge in [-0.1, -0.05) is 77.3 Å². The van der Waals surface area contributed by atoms with Crippen LogP contribution in [0.2, 0.25) is 10.0 Å². The molecule has 2 nitrogen and oxygen atoms in total. The number of nitrogens with zero attached hydrogens (tertiary/aromatic N) is 1. The van der Waals surface area contributed by atoms with Gasteiger partial charge in [-0.2, -0.15) is 0 Å². The van der Waals surface area contributed by atoms with Crippen molar-refractivity contribution in [3.63, 3.8) is 0 Å². The van der Waals surface area contributed by atoms with Gasteiger partial charge in [-0.25, -0.2) is 0 Å². The second kappa shape index (κ2) is 8.94. The van der Waals surface area contributed by atoms with Crippen molar-refractivity contribution in [2.75, 3.05) is 4.90 Å². The highest BCUT2D eigenvalue weighted by Gasteiger charge is 2.39. The van der Waals surface area contributed by atoms with Crippen molar-refractivity contribution >= 4 is 40.4 Å². The van der Waals surface area contributed by atoms with Crippen molar-refractivity contribution in [1.82, 2.24) is 0 Å². The molecule has 34 heavy (non-hydrogen) atoms. The van der Waals surface area contributed by atoms with Crippen molar-refractivity contribution in [3.05, 3.63) is 129 Å². The molecule has 0 fully saturated rings. The number of rotatable bonds is 5. The Labute approximate surface area is 210 Å². The Balaban J connectivity index is 1.67. The van der Waals surface area contributed by atoms with Gasteiger partial charge in [0.25, 0.3) is 5.91 Å². The largest absolute Gasteiger partial charge is 0.301 e. The van der Waals surface area contributed by atoms with E-state index in [-0.39, 0.29) is 17.9 Å². The monoisotopic (exact) mass is 485 g/mol. The summed E-state index contributed by atoms with van der Waals surface area (Å²) in [5.41, 5.74) is 8.94. The van der Waals surface area contributed by atoms with Crippen LogP contribution in [0.4, 0.5) is 5.69 Å². The maximum atomic E-state index is 13.0. The number of halogens is 2. The number of aryl methyl sites for hydroxylation is 1. The van der Waals surface area contributed by atoms with Crippen molar-refractivity contribution in [2.24, 2.45) is 5.92 Å². The van der Waals surface area contributed by atoms with E-state index in [1.165, 1.54) is 22.3 Å². The van der Waals surface area contributed by atoms with Crippen molar-refractivity contribution in [2.45, 2.75) is 26.3 Å². The predicted molar refractivity (Wildman–Crippen MR) is 143 cm³/mol. The summed E-state index contributed by atoms with van der Waals surface area (Å²) >= 11 is 12.6. The smallest absolute Gasteiger partial charge is 0.251 e. The summed E-state index contributed by atoms with van der Waals surface area (Å²) in [5.74, 6) is -0.0619. The van der Waals surface area contributed by atoms with Gasteiger partial charge in [0.15, 0.2) is 0 Å². The van der Waals surface area contributed by atoms with Crippen molar-refractivity contribution < 1.29 is 4.79 Å². The Morgan fingerprint density at radius 3 is 2.35 bits per heavy atom. The Kier molecular flexibility index (Phi) is 5.97. The number of carbonyl (C=O) groups is 1. The van der Waals surface area contributed by atoms with E-state index in [1.54, 1.807) is 6.08 Å². The van der Waals surface area contributed by atoms with Gasteiger partial charge in [0.05, 0.1) is 6.04 Å². The third kappa shape index (κ3) is 4.02. The topological polar surface area (TPSA) is 20.3 Å². The molecule has 2 aliphatic rings. The molecule has 0 radical (unpaired) electrons. The number of anilines is 1. The fraction of sp³-hybridized carbons (Fsp3) is 0.167. The van der Waals surface area contributed by atoms with Crippen LogP contribution in [-0.2, 0) is 11.2 Å². The predicted octanol–water partition coefficient (Wildman–Crippen LogP) is 7.82. The number of hydrogen-bond donors (Lipinski definition) is 0. The summed E-state index contributed by atoms with van der Waals surface area (Å²) in [6.07, 6.45) is 4.46. The van der Waals surface area contributed by atoms with E-state index in [4.69, 9.17) is 23.2 Å². The minimum Gasteiger partial charge on any atom is -0.301 e. The molecule has 5 rings (SSSR count). The summed E-state index contributed by atoms with van der Waals surface area (Å²) in [5, 5.41) is 1.42. The molecule has 1 amide bonds. The second-order valence-electron chi connectivity index (χ2n) is 9.10. The van der Waals surface area contributed by atoms with Crippen LogP contribution >= 0.6 is 23.2 Å². The summed E-state index contributed by atoms with van der Waals surface area (Å²) in [6.45, 7) is 8.48. The van der Waals surface area contributed by atoms with Gasteiger partial charge in [-0.3, -0.25) is 4.79 Å². The second-order valence-corrected chi connectivity index (χ2v) is 9.98. The number of hydrogen-bond acceptors (Lipinski definition) is 1. The zero-order chi connectivity index (χ0) is 24.0. The van der Waals surface area contributed by atoms with E-state index in [2.05, 4.69) is 31.7 Å². The molecule has 2 atom stereocenters. The normalized spacial score (nSPS) is 17.9. The van der Waals surface area contributed by atoms with Crippen molar-refractivity contribution in [1.29, 1.82) is 0 Å². The molecule has 0 N–H and O–H groups in total. The maximum absolute atomic E-state index is 13.0. The van der Waals surface area contributed by atoms with Gasteiger partial charge in [0.2, 0.25) is 0 Å². The quantitative estimate of drug-likeness (QED) is 0.337. The number of benzene rings is 3. The molecule has 1 heterocycles. The van der Waals surface area contributed by atoms with Gasteiger partial charge in [-0.15, -0.1) is 0 Å². The zero-order valence-electron chi connectivity index (χ0n) is 19.2. The SMILES string of the molecule is C=C(C)C(C1=C(c2ccc(Cl)cc2)c2ccc(Cl)cc2C1)[C@H]1C=CC(=O)N1c1ccc(C)cc1. The van der Waals surface area contributed by atoms with E-state index in [9.17, 15) is 4.79 Å². The molecular formula is C30H25Cl2NO. The molecule has 4 heteroatoms. The average molecular weight is 486 g/mol. The molecule has 1 aliphatic carbocycles. The summed E-state index contributed by atoms with van der Waals surface area (Å²) in [4.78, 5) is 14.9. The lowest BCUT2D eigenvalue weighted by Gasteiger charge is -2.34. The fourth-order valence-electron chi connectivity index (χ4n) is 5.20. The lowest BCUT2D eigenvalue weighted by Crippen LogP contribution is -2.40. The zero-order valence-corrected chi connectivity index (χ0v) is 20.7. The molecule has 0 saturated heterocycles. The van der Waals surface area contributed by atoms with Crippen LogP contribution in [0.25, 0.3) is 5.57 Å². The molecular weight excluding hydrogens is 461 g/mol. The molecule has 1 aliphatic heterocycles. The van der Waals surface area contributed by atoms with Crippen LogP contribution < -0.4 is 4.90 Å². The summed E-state index contributed by atoms with van der Waals surface area (Å²) < 4.78 is 0. The average Bonchev–Trinajstić information content (AvgIpc) is 3.35.